The first kappa shape index (κ1) is 16.8. The third kappa shape index (κ3) is 4.00. The maximum absolute atomic E-state index is 11.9. The molecule has 0 heterocycles. The molecule has 0 aliphatic heterocycles. The van der Waals surface area contributed by atoms with Crippen LogP contribution in [0.4, 0.5) is 0 Å². The van der Waals surface area contributed by atoms with Crippen molar-refractivity contribution >= 4 is 31.3 Å². The Morgan fingerprint density at radius 3 is 1.95 bits per heavy atom. The predicted octanol–water partition coefficient (Wildman–Crippen LogP) is 2.94. The molecule has 0 fully saturated rings. The minimum atomic E-state index is -3.66. The van der Waals surface area contributed by atoms with E-state index in [1.54, 1.807) is 24.3 Å². The van der Waals surface area contributed by atoms with E-state index in [1.807, 2.05) is 0 Å². The Morgan fingerprint density at radius 2 is 1.45 bits per heavy atom. The number of sulfone groups is 2. The second kappa shape index (κ2) is 5.91. The van der Waals surface area contributed by atoms with Gasteiger partial charge in [0.15, 0.2) is 19.7 Å². The molecular weight excluding hydrogens is 348 g/mol. The lowest BCUT2D eigenvalue weighted by molar-refractivity contribution is 0.467. The monoisotopic (exact) mass is 360 g/mol. The van der Waals surface area contributed by atoms with E-state index in [1.165, 1.54) is 12.1 Å². The third-order valence-electron chi connectivity index (χ3n) is 2.78. The Balaban J connectivity index is 2.54. The summed E-state index contributed by atoms with van der Waals surface area (Å²) in [5.41, 5.74) is 0. The van der Waals surface area contributed by atoms with E-state index in [0.717, 1.165) is 18.6 Å². The number of hydrogen-bond acceptors (Lipinski definition) is 5. The van der Waals surface area contributed by atoms with Gasteiger partial charge in [0.2, 0.25) is 0 Å². The van der Waals surface area contributed by atoms with Gasteiger partial charge in [-0.2, -0.15) is 0 Å². The predicted molar refractivity (Wildman–Crippen MR) is 84.2 cm³/mol. The molecule has 0 radical (unpaired) electrons. The van der Waals surface area contributed by atoms with Gasteiger partial charge in [-0.05, 0) is 42.5 Å². The van der Waals surface area contributed by atoms with Crippen molar-refractivity contribution in [1.82, 2.24) is 0 Å². The van der Waals surface area contributed by atoms with Crippen LogP contribution in [0.15, 0.2) is 52.3 Å². The van der Waals surface area contributed by atoms with Gasteiger partial charge in [-0.15, -0.1) is 0 Å². The molecule has 5 nitrogen and oxygen atoms in total. The number of ether oxygens (including phenoxy) is 1. The fourth-order valence-corrected chi connectivity index (χ4v) is 3.39. The molecule has 0 atom stereocenters. The first-order chi connectivity index (χ1) is 10.1. The first-order valence-electron chi connectivity index (χ1n) is 6.05. The molecule has 0 aromatic heterocycles. The fourth-order valence-electron chi connectivity index (χ4n) is 1.72. The van der Waals surface area contributed by atoms with Crippen LogP contribution in [0.25, 0.3) is 0 Å². The summed E-state index contributed by atoms with van der Waals surface area (Å²) in [6, 6.07) is 10.1. The van der Waals surface area contributed by atoms with Crippen LogP contribution in [-0.2, 0) is 19.7 Å². The molecule has 2 aromatic rings. The van der Waals surface area contributed by atoms with Crippen LogP contribution < -0.4 is 4.74 Å². The zero-order valence-electron chi connectivity index (χ0n) is 11.8. The Hall–Kier alpha value is -1.57. The molecule has 0 aliphatic rings. The number of halogens is 1. The third-order valence-corrected chi connectivity index (χ3v) is 5.26. The zero-order valence-corrected chi connectivity index (χ0v) is 14.2. The van der Waals surface area contributed by atoms with E-state index in [9.17, 15) is 16.8 Å². The highest BCUT2D eigenvalue weighted by atomic mass is 35.5. The molecule has 2 rings (SSSR count). The molecule has 8 heteroatoms. The van der Waals surface area contributed by atoms with Gasteiger partial charge in [-0.3, -0.25) is 0 Å². The van der Waals surface area contributed by atoms with E-state index in [2.05, 4.69) is 0 Å². The molecule has 0 N–H and O–H groups in total. The normalized spacial score (nSPS) is 12.1. The smallest absolute Gasteiger partial charge is 0.179 e. The highest BCUT2D eigenvalue weighted by molar-refractivity contribution is 7.91. The molecule has 2 aromatic carbocycles. The lowest BCUT2D eigenvalue weighted by Gasteiger charge is -2.11. The first-order valence-corrected chi connectivity index (χ1v) is 10.2. The molecule has 22 heavy (non-hydrogen) atoms. The topological polar surface area (TPSA) is 77.5 Å². The van der Waals surface area contributed by atoms with Crippen molar-refractivity contribution in [3.8, 4) is 11.5 Å². The second-order valence-corrected chi connectivity index (χ2v) is 9.15. The zero-order chi connectivity index (χ0) is 16.5. The van der Waals surface area contributed by atoms with Gasteiger partial charge in [0.25, 0.3) is 0 Å². The molecule has 0 saturated carbocycles. The van der Waals surface area contributed by atoms with E-state index < -0.39 is 19.7 Å². The van der Waals surface area contributed by atoms with Crippen molar-refractivity contribution in [2.24, 2.45) is 0 Å². The van der Waals surface area contributed by atoms with Crippen LogP contribution in [0.2, 0.25) is 5.02 Å². The molecule has 0 saturated heterocycles. The summed E-state index contributed by atoms with van der Waals surface area (Å²) in [4.78, 5) is -0.276. The molecule has 0 amide bonds. The van der Waals surface area contributed by atoms with Gasteiger partial charge < -0.3 is 4.74 Å². The van der Waals surface area contributed by atoms with E-state index in [-0.39, 0.29) is 15.5 Å². The molecule has 0 bridgehead atoms. The summed E-state index contributed by atoms with van der Waals surface area (Å²) >= 11 is 5.77. The summed E-state index contributed by atoms with van der Waals surface area (Å²) in [6.45, 7) is 0. The van der Waals surface area contributed by atoms with Crippen LogP contribution in [0.3, 0.4) is 0 Å². The van der Waals surface area contributed by atoms with Crippen LogP contribution in [-0.4, -0.2) is 29.3 Å². The summed E-state index contributed by atoms with van der Waals surface area (Å²) in [7, 11) is -7.18. The Kier molecular flexibility index (Phi) is 4.51. The highest BCUT2D eigenvalue weighted by Crippen LogP contribution is 2.31. The number of rotatable bonds is 4. The minimum absolute atomic E-state index is 0.0530. The Bertz CT molecular complexity index is 901. The van der Waals surface area contributed by atoms with Crippen molar-refractivity contribution in [1.29, 1.82) is 0 Å². The maximum Gasteiger partial charge on any atom is 0.179 e. The van der Waals surface area contributed by atoms with E-state index in [0.29, 0.717) is 10.8 Å². The summed E-state index contributed by atoms with van der Waals surface area (Å²) in [6.07, 6.45) is 2.00. The number of benzene rings is 2. The van der Waals surface area contributed by atoms with E-state index in [4.69, 9.17) is 16.3 Å². The van der Waals surface area contributed by atoms with E-state index >= 15 is 0 Å². The Labute approximate surface area is 134 Å². The quantitative estimate of drug-likeness (QED) is 0.837. The molecule has 118 valence electrons. The van der Waals surface area contributed by atoms with Crippen LogP contribution in [0, 0.1) is 0 Å². The summed E-state index contributed by atoms with van der Waals surface area (Å²) in [5, 5.41) is 0.517. The number of hydrogen-bond donors (Lipinski definition) is 0. The maximum atomic E-state index is 11.9. The minimum Gasteiger partial charge on any atom is -0.456 e. The van der Waals surface area contributed by atoms with Crippen LogP contribution >= 0.6 is 11.6 Å². The van der Waals surface area contributed by atoms with Gasteiger partial charge in [-0.25, -0.2) is 16.8 Å². The van der Waals surface area contributed by atoms with Crippen molar-refractivity contribution in [2.45, 2.75) is 9.79 Å². The van der Waals surface area contributed by atoms with Crippen molar-refractivity contribution in [3.63, 3.8) is 0 Å². The molecular formula is C14H13ClO5S2. The summed E-state index contributed by atoms with van der Waals surface area (Å²) < 4.78 is 52.4. The standard InChI is InChI=1S/C14H13ClO5S2/c1-21(16,17)12-7-8-13(14(9-12)22(2,18)19)20-11-5-3-10(15)4-6-11/h3-9H,1-2H3. The van der Waals surface area contributed by atoms with Gasteiger partial charge >= 0.3 is 0 Å². The van der Waals surface area contributed by atoms with Crippen LogP contribution in [0.5, 0.6) is 11.5 Å². The molecule has 0 unspecified atom stereocenters. The van der Waals surface area contributed by atoms with Crippen molar-refractivity contribution in [3.05, 3.63) is 47.5 Å². The van der Waals surface area contributed by atoms with Crippen LogP contribution in [0.1, 0.15) is 0 Å². The van der Waals surface area contributed by atoms with Gasteiger partial charge in [-0.1, -0.05) is 11.6 Å². The summed E-state index contributed by atoms with van der Waals surface area (Å²) in [5.74, 6) is 0.443. The second-order valence-electron chi connectivity index (χ2n) is 4.71. The average Bonchev–Trinajstić information content (AvgIpc) is 2.39. The Morgan fingerprint density at radius 1 is 0.864 bits per heavy atom. The molecule has 0 aliphatic carbocycles. The average molecular weight is 361 g/mol. The van der Waals surface area contributed by atoms with Gasteiger partial charge in [0.05, 0.1) is 4.90 Å². The molecule has 0 spiro atoms. The van der Waals surface area contributed by atoms with Crippen molar-refractivity contribution in [2.75, 3.05) is 12.5 Å². The largest absolute Gasteiger partial charge is 0.456 e. The van der Waals surface area contributed by atoms with Gasteiger partial charge in [0.1, 0.15) is 16.4 Å². The fraction of sp³-hybridized carbons (Fsp3) is 0.143. The highest BCUT2D eigenvalue weighted by Gasteiger charge is 2.19. The van der Waals surface area contributed by atoms with Crippen molar-refractivity contribution < 1.29 is 21.6 Å². The lowest BCUT2D eigenvalue weighted by atomic mass is 10.3. The lowest BCUT2D eigenvalue weighted by Crippen LogP contribution is -2.04. The van der Waals surface area contributed by atoms with Gasteiger partial charge in [0, 0.05) is 17.5 Å². The SMILES string of the molecule is CS(=O)(=O)c1ccc(Oc2ccc(Cl)cc2)c(S(C)(=O)=O)c1.